The molecule has 0 amide bonds. The molecular weight excluding hydrogens is 460 g/mol. The summed E-state index contributed by atoms with van der Waals surface area (Å²) in [6, 6.07) is 19.7. The third-order valence-electron chi connectivity index (χ3n) is 5.12. The number of Topliss-reactive ketones (excluding diaryl/α,β-unsaturated/α-hetero) is 1. The Hall–Kier alpha value is -2.61. The Kier molecular flexibility index (Phi) is 6.98. The van der Waals surface area contributed by atoms with Gasteiger partial charge in [0.1, 0.15) is 0 Å². The predicted octanol–water partition coefficient (Wildman–Crippen LogP) is 6.57. The van der Waals surface area contributed by atoms with E-state index < -0.39 is 0 Å². The largest absolute Gasteiger partial charge is 0.356 e. The van der Waals surface area contributed by atoms with E-state index in [1.807, 2.05) is 69.3 Å². The summed E-state index contributed by atoms with van der Waals surface area (Å²) in [5.41, 5.74) is 4.82. The maximum Gasteiger partial charge on any atom is 0.206 e. The summed E-state index contributed by atoms with van der Waals surface area (Å²) < 4.78 is 2.85. The van der Waals surface area contributed by atoms with Crippen LogP contribution in [0.4, 0.5) is 5.13 Å². The Balaban J connectivity index is 1.44. The number of anilines is 1. The van der Waals surface area contributed by atoms with Crippen LogP contribution in [0.5, 0.6) is 0 Å². The number of halogens is 1. The van der Waals surface area contributed by atoms with Crippen molar-refractivity contribution in [2.75, 3.05) is 5.32 Å². The molecule has 0 fully saturated rings. The molecule has 0 unspecified atom stereocenters. The van der Waals surface area contributed by atoms with Crippen molar-refractivity contribution in [3.8, 4) is 5.69 Å². The summed E-state index contributed by atoms with van der Waals surface area (Å²) in [4.78, 5) is 13.2. The summed E-state index contributed by atoms with van der Waals surface area (Å²) >= 11 is 8.93. The molecule has 4 aromatic rings. The van der Waals surface area contributed by atoms with Crippen molar-refractivity contribution in [3.63, 3.8) is 0 Å². The summed E-state index contributed by atoms with van der Waals surface area (Å²) in [7, 11) is 0. The first-order chi connectivity index (χ1) is 15.4. The molecule has 164 valence electrons. The Morgan fingerprint density at radius 1 is 1.12 bits per heavy atom. The van der Waals surface area contributed by atoms with Crippen LogP contribution in [-0.4, -0.2) is 25.8 Å². The Morgan fingerprint density at radius 3 is 2.56 bits per heavy atom. The lowest BCUT2D eigenvalue weighted by molar-refractivity contribution is 0.0993. The van der Waals surface area contributed by atoms with Crippen molar-refractivity contribution in [1.82, 2.24) is 14.8 Å². The summed E-state index contributed by atoms with van der Waals surface area (Å²) in [6.07, 6.45) is 0. The van der Waals surface area contributed by atoms with Gasteiger partial charge in [0.2, 0.25) is 5.13 Å². The second-order valence-electron chi connectivity index (χ2n) is 7.43. The Morgan fingerprint density at radius 2 is 1.84 bits per heavy atom. The van der Waals surface area contributed by atoms with Gasteiger partial charge in [-0.3, -0.25) is 4.79 Å². The lowest BCUT2D eigenvalue weighted by Crippen LogP contribution is -2.14. The van der Waals surface area contributed by atoms with Crippen LogP contribution in [0.3, 0.4) is 0 Å². The van der Waals surface area contributed by atoms with Gasteiger partial charge in [-0.05, 0) is 56.7 Å². The number of nitrogens with one attached hydrogen (secondary N) is 1. The van der Waals surface area contributed by atoms with Crippen LogP contribution >= 0.6 is 34.7 Å². The first-order valence-corrected chi connectivity index (χ1v) is 12.3. The predicted molar refractivity (Wildman–Crippen MR) is 134 cm³/mol. The average molecular weight is 483 g/mol. The molecule has 0 spiro atoms. The second-order valence-corrected chi connectivity index (χ2v) is 10.4. The molecule has 2 aromatic carbocycles. The number of nitrogens with zero attached hydrogens (tertiary/aromatic N) is 3. The highest BCUT2D eigenvalue weighted by atomic mass is 35.5. The summed E-state index contributed by atoms with van der Waals surface area (Å²) in [5, 5.41) is 12.9. The van der Waals surface area contributed by atoms with E-state index in [2.05, 4.69) is 32.2 Å². The van der Waals surface area contributed by atoms with Gasteiger partial charge in [0.25, 0.3) is 0 Å². The fourth-order valence-electron chi connectivity index (χ4n) is 3.53. The van der Waals surface area contributed by atoms with Crippen LogP contribution in [-0.2, 0) is 6.54 Å². The van der Waals surface area contributed by atoms with E-state index in [9.17, 15) is 4.79 Å². The molecule has 4 rings (SSSR count). The van der Waals surface area contributed by atoms with Crippen LogP contribution in [0.25, 0.3) is 5.69 Å². The molecule has 2 heterocycles. The van der Waals surface area contributed by atoms with E-state index >= 15 is 0 Å². The number of aryl methyl sites for hydroxylation is 1. The molecule has 2 aromatic heterocycles. The minimum Gasteiger partial charge on any atom is -0.356 e. The standard InChI is InChI=1S/C24H23ClN4OS2/c1-15-13-21(16(2)29(15)20-11-9-19(25)10-12-20)22(30)17(3)31-24-28-27-23(32-24)26-14-18-7-5-4-6-8-18/h4-13,17H,14H2,1-3H3,(H,26,27)/t17-/m0/s1. The van der Waals surface area contributed by atoms with Gasteiger partial charge in [-0.15, -0.1) is 10.2 Å². The minimum atomic E-state index is -0.274. The highest BCUT2D eigenvalue weighted by molar-refractivity contribution is 8.02. The van der Waals surface area contributed by atoms with E-state index in [0.29, 0.717) is 11.6 Å². The summed E-state index contributed by atoms with van der Waals surface area (Å²) in [6.45, 7) is 6.58. The van der Waals surface area contributed by atoms with E-state index in [0.717, 1.165) is 32.1 Å². The van der Waals surface area contributed by atoms with Gasteiger partial charge in [-0.1, -0.05) is 65.0 Å². The summed E-state index contributed by atoms with van der Waals surface area (Å²) in [5.74, 6) is 0.0808. The molecule has 0 radical (unpaired) electrons. The normalized spacial score (nSPS) is 12.0. The van der Waals surface area contributed by atoms with Gasteiger partial charge in [0.05, 0.1) is 5.25 Å². The molecule has 0 saturated carbocycles. The zero-order valence-corrected chi connectivity index (χ0v) is 20.4. The zero-order chi connectivity index (χ0) is 22.7. The average Bonchev–Trinajstić information content (AvgIpc) is 3.36. The minimum absolute atomic E-state index is 0.0808. The first kappa shape index (κ1) is 22.6. The topological polar surface area (TPSA) is 59.8 Å². The highest BCUT2D eigenvalue weighted by Crippen LogP contribution is 2.32. The first-order valence-electron chi connectivity index (χ1n) is 10.2. The van der Waals surface area contributed by atoms with Crippen LogP contribution in [0.2, 0.25) is 5.02 Å². The fourth-order valence-corrected chi connectivity index (χ4v) is 5.61. The van der Waals surface area contributed by atoms with Gasteiger partial charge >= 0.3 is 0 Å². The molecule has 5 nitrogen and oxygen atoms in total. The number of rotatable bonds is 8. The molecule has 0 saturated heterocycles. The third-order valence-corrected chi connectivity index (χ3v) is 7.44. The van der Waals surface area contributed by atoms with Gasteiger partial charge in [0, 0.05) is 34.2 Å². The van der Waals surface area contributed by atoms with E-state index in [1.165, 1.54) is 28.7 Å². The van der Waals surface area contributed by atoms with Crippen LogP contribution < -0.4 is 5.32 Å². The van der Waals surface area contributed by atoms with E-state index in [4.69, 9.17) is 11.6 Å². The van der Waals surface area contributed by atoms with Gasteiger partial charge in [-0.25, -0.2) is 0 Å². The molecular formula is C24H23ClN4OS2. The maximum absolute atomic E-state index is 13.2. The molecule has 32 heavy (non-hydrogen) atoms. The lowest BCUT2D eigenvalue weighted by Gasteiger charge is -2.11. The van der Waals surface area contributed by atoms with E-state index in [-0.39, 0.29) is 11.0 Å². The SMILES string of the molecule is Cc1cc(C(=O)[C@H](C)Sc2nnc(NCc3ccccc3)s2)c(C)n1-c1ccc(Cl)cc1. The van der Waals surface area contributed by atoms with Gasteiger partial charge < -0.3 is 9.88 Å². The van der Waals surface area contributed by atoms with Crippen molar-refractivity contribution >= 4 is 45.6 Å². The number of benzene rings is 2. The zero-order valence-electron chi connectivity index (χ0n) is 18.0. The van der Waals surface area contributed by atoms with Crippen molar-refractivity contribution in [1.29, 1.82) is 0 Å². The fraction of sp³-hybridized carbons (Fsp3) is 0.208. The van der Waals surface area contributed by atoms with Crippen LogP contribution in [0.1, 0.15) is 34.2 Å². The molecule has 1 N–H and O–H groups in total. The number of carbonyl (C=O) groups is 1. The van der Waals surface area contributed by atoms with Crippen molar-refractivity contribution in [3.05, 3.63) is 88.2 Å². The molecule has 1 atom stereocenters. The number of aromatic nitrogens is 3. The van der Waals surface area contributed by atoms with Gasteiger partial charge in [0.15, 0.2) is 10.1 Å². The maximum atomic E-state index is 13.2. The highest BCUT2D eigenvalue weighted by Gasteiger charge is 2.23. The number of ketones is 1. The number of hydrogen-bond acceptors (Lipinski definition) is 6. The van der Waals surface area contributed by atoms with Crippen molar-refractivity contribution in [2.45, 2.75) is 36.9 Å². The Labute approximate surface area is 200 Å². The van der Waals surface area contributed by atoms with E-state index in [1.54, 1.807) is 0 Å². The number of carbonyl (C=O) groups excluding carboxylic acids is 1. The van der Waals surface area contributed by atoms with Crippen molar-refractivity contribution < 1.29 is 4.79 Å². The second kappa shape index (κ2) is 9.90. The smallest absolute Gasteiger partial charge is 0.206 e. The third kappa shape index (κ3) is 5.06. The number of thioether (sulfide) groups is 1. The van der Waals surface area contributed by atoms with Crippen molar-refractivity contribution in [2.24, 2.45) is 0 Å². The van der Waals surface area contributed by atoms with Crippen LogP contribution in [0.15, 0.2) is 65.0 Å². The van der Waals surface area contributed by atoms with Gasteiger partial charge in [-0.2, -0.15) is 0 Å². The molecule has 0 aliphatic heterocycles. The molecule has 0 aliphatic carbocycles. The lowest BCUT2D eigenvalue weighted by atomic mass is 10.1. The monoisotopic (exact) mass is 482 g/mol. The quantitative estimate of drug-likeness (QED) is 0.227. The Bertz CT molecular complexity index is 1220. The molecule has 8 heteroatoms. The molecule has 0 bridgehead atoms. The molecule has 0 aliphatic rings. The number of hydrogen-bond donors (Lipinski definition) is 1. The van der Waals surface area contributed by atoms with Crippen LogP contribution in [0, 0.1) is 13.8 Å².